The highest BCUT2D eigenvalue weighted by atomic mass is 16.3. The predicted molar refractivity (Wildman–Crippen MR) is 75.9 cm³/mol. The number of hydrogen-bond acceptors (Lipinski definition) is 3. The molecule has 0 bridgehead atoms. The molecule has 2 rings (SSSR count). The van der Waals surface area contributed by atoms with Gasteiger partial charge in [-0.1, -0.05) is 12.1 Å². The third kappa shape index (κ3) is 4.00. The lowest BCUT2D eigenvalue weighted by Crippen LogP contribution is -2.19. The number of aliphatic hydroxyl groups is 1. The molecular weight excluding hydrogens is 224 g/mol. The lowest BCUT2D eigenvalue weighted by atomic mass is 10.2. The van der Waals surface area contributed by atoms with E-state index < -0.39 is 0 Å². The van der Waals surface area contributed by atoms with Gasteiger partial charge in [0.05, 0.1) is 6.10 Å². The average Bonchev–Trinajstić information content (AvgIpc) is 2.89. The van der Waals surface area contributed by atoms with Crippen LogP contribution >= 0.6 is 0 Å². The zero-order valence-electron chi connectivity index (χ0n) is 11.2. The maximum Gasteiger partial charge on any atom is 0.0524 e. The van der Waals surface area contributed by atoms with Crippen molar-refractivity contribution in [3.05, 3.63) is 29.8 Å². The molecule has 1 aromatic carbocycles. The summed E-state index contributed by atoms with van der Waals surface area (Å²) < 4.78 is 0. The second-order valence-corrected chi connectivity index (χ2v) is 5.18. The van der Waals surface area contributed by atoms with Crippen LogP contribution in [0.3, 0.4) is 0 Å². The molecule has 0 aromatic heterocycles. The molecule has 0 spiro atoms. The van der Waals surface area contributed by atoms with Crippen LogP contribution in [0.2, 0.25) is 0 Å². The molecule has 1 fully saturated rings. The van der Waals surface area contributed by atoms with Gasteiger partial charge < -0.3 is 15.3 Å². The van der Waals surface area contributed by atoms with E-state index in [0.29, 0.717) is 0 Å². The maximum atomic E-state index is 9.16. The van der Waals surface area contributed by atoms with Gasteiger partial charge in [-0.15, -0.1) is 0 Å². The average molecular weight is 248 g/mol. The molecule has 18 heavy (non-hydrogen) atoms. The molecule has 0 saturated carbocycles. The van der Waals surface area contributed by atoms with Crippen molar-refractivity contribution in [3.8, 4) is 0 Å². The Hall–Kier alpha value is -1.06. The molecule has 1 saturated heterocycles. The van der Waals surface area contributed by atoms with Gasteiger partial charge in [-0.2, -0.15) is 0 Å². The summed E-state index contributed by atoms with van der Waals surface area (Å²) in [7, 11) is 0. The highest BCUT2D eigenvalue weighted by Crippen LogP contribution is 2.20. The van der Waals surface area contributed by atoms with Crippen molar-refractivity contribution in [2.45, 2.75) is 38.8 Å². The summed E-state index contributed by atoms with van der Waals surface area (Å²) in [6.07, 6.45) is 3.24. The van der Waals surface area contributed by atoms with E-state index in [2.05, 4.69) is 34.5 Å². The summed E-state index contributed by atoms with van der Waals surface area (Å²) in [6.45, 7) is 5.98. The SMILES string of the molecule is CC(O)CCNCc1ccc(N2CCCC2)cc1. The van der Waals surface area contributed by atoms with Crippen LogP contribution in [-0.2, 0) is 6.54 Å². The maximum absolute atomic E-state index is 9.16. The monoisotopic (exact) mass is 248 g/mol. The number of hydrogen-bond donors (Lipinski definition) is 2. The van der Waals surface area contributed by atoms with E-state index in [-0.39, 0.29) is 6.10 Å². The molecule has 1 atom stereocenters. The van der Waals surface area contributed by atoms with Crippen molar-refractivity contribution in [2.24, 2.45) is 0 Å². The first-order valence-electron chi connectivity index (χ1n) is 6.98. The van der Waals surface area contributed by atoms with Crippen LogP contribution in [0, 0.1) is 0 Å². The highest BCUT2D eigenvalue weighted by molar-refractivity contribution is 5.48. The first-order valence-corrected chi connectivity index (χ1v) is 6.98. The first-order chi connectivity index (χ1) is 8.75. The molecule has 3 heteroatoms. The zero-order valence-corrected chi connectivity index (χ0v) is 11.2. The van der Waals surface area contributed by atoms with Gasteiger partial charge in [0, 0.05) is 25.3 Å². The van der Waals surface area contributed by atoms with Gasteiger partial charge in [-0.25, -0.2) is 0 Å². The number of nitrogens with zero attached hydrogens (tertiary/aromatic N) is 1. The molecule has 3 nitrogen and oxygen atoms in total. The Morgan fingerprint density at radius 3 is 2.50 bits per heavy atom. The molecular formula is C15H24N2O. The summed E-state index contributed by atoms with van der Waals surface area (Å²) in [5.41, 5.74) is 2.66. The van der Waals surface area contributed by atoms with Crippen LogP contribution < -0.4 is 10.2 Å². The Labute approximate surface area is 110 Å². The largest absolute Gasteiger partial charge is 0.393 e. The van der Waals surface area contributed by atoms with Crippen LogP contribution in [0.4, 0.5) is 5.69 Å². The predicted octanol–water partition coefficient (Wildman–Crippen LogP) is 2.15. The zero-order chi connectivity index (χ0) is 12.8. The Morgan fingerprint density at radius 1 is 1.22 bits per heavy atom. The summed E-state index contributed by atoms with van der Waals surface area (Å²) in [4.78, 5) is 2.45. The van der Waals surface area contributed by atoms with Gasteiger partial charge in [0.25, 0.3) is 0 Å². The lowest BCUT2D eigenvalue weighted by molar-refractivity contribution is 0.183. The van der Waals surface area contributed by atoms with Crippen molar-refractivity contribution in [1.29, 1.82) is 0 Å². The molecule has 100 valence electrons. The molecule has 0 aliphatic carbocycles. The minimum atomic E-state index is -0.213. The van der Waals surface area contributed by atoms with Gasteiger partial charge in [-0.05, 0) is 50.4 Å². The molecule has 1 unspecified atom stereocenters. The molecule has 0 amide bonds. The fraction of sp³-hybridized carbons (Fsp3) is 0.600. The fourth-order valence-electron chi connectivity index (χ4n) is 2.34. The summed E-state index contributed by atoms with van der Waals surface area (Å²) >= 11 is 0. The minimum absolute atomic E-state index is 0.213. The van der Waals surface area contributed by atoms with E-state index in [1.165, 1.54) is 37.2 Å². The smallest absolute Gasteiger partial charge is 0.0524 e. The lowest BCUT2D eigenvalue weighted by Gasteiger charge is -2.17. The number of rotatable bonds is 6. The summed E-state index contributed by atoms with van der Waals surface area (Å²) in [5.74, 6) is 0. The van der Waals surface area contributed by atoms with Crippen molar-refractivity contribution >= 4 is 5.69 Å². The van der Waals surface area contributed by atoms with Crippen molar-refractivity contribution in [1.82, 2.24) is 5.32 Å². The van der Waals surface area contributed by atoms with Crippen LogP contribution in [0.5, 0.6) is 0 Å². The second-order valence-electron chi connectivity index (χ2n) is 5.18. The molecule has 1 aromatic rings. The van der Waals surface area contributed by atoms with E-state index in [9.17, 15) is 0 Å². The van der Waals surface area contributed by atoms with Crippen LogP contribution in [0.15, 0.2) is 24.3 Å². The van der Waals surface area contributed by atoms with Crippen molar-refractivity contribution < 1.29 is 5.11 Å². The van der Waals surface area contributed by atoms with Crippen molar-refractivity contribution in [2.75, 3.05) is 24.5 Å². The van der Waals surface area contributed by atoms with E-state index >= 15 is 0 Å². The normalized spacial score (nSPS) is 17.1. The Bertz CT molecular complexity index is 342. The molecule has 1 heterocycles. The second kappa shape index (κ2) is 6.76. The number of nitrogens with one attached hydrogen (secondary N) is 1. The topological polar surface area (TPSA) is 35.5 Å². The summed E-state index contributed by atoms with van der Waals surface area (Å²) in [5, 5.41) is 12.5. The van der Waals surface area contributed by atoms with E-state index in [1.807, 2.05) is 6.92 Å². The van der Waals surface area contributed by atoms with E-state index in [1.54, 1.807) is 0 Å². The fourth-order valence-corrected chi connectivity index (χ4v) is 2.34. The highest BCUT2D eigenvalue weighted by Gasteiger charge is 2.11. The molecule has 0 radical (unpaired) electrons. The van der Waals surface area contributed by atoms with Gasteiger partial charge in [0.1, 0.15) is 0 Å². The van der Waals surface area contributed by atoms with E-state index in [0.717, 1.165) is 19.5 Å². The number of benzene rings is 1. The van der Waals surface area contributed by atoms with Crippen LogP contribution in [0.25, 0.3) is 0 Å². The third-order valence-corrected chi connectivity index (χ3v) is 3.48. The number of aliphatic hydroxyl groups excluding tert-OH is 1. The number of anilines is 1. The van der Waals surface area contributed by atoms with Gasteiger partial charge in [0.2, 0.25) is 0 Å². The van der Waals surface area contributed by atoms with Gasteiger partial charge in [0.15, 0.2) is 0 Å². The first kappa shape index (κ1) is 13.4. The minimum Gasteiger partial charge on any atom is -0.393 e. The summed E-state index contributed by atoms with van der Waals surface area (Å²) in [6, 6.07) is 8.83. The van der Waals surface area contributed by atoms with Gasteiger partial charge >= 0.3 is 0 Å². The van der Waals surface area contributed by atoms with Crippen LogP contribution in [-0.4, -0.2) is 30.8 Å². The van der Waals surface area contributed by atoms with Gasteiger partial charge in [-0.3, -0.25) is 0 Å². The standard InChI is InChI=1S/C15H24N2O/c1-13(18)8-9-16-12-14-4-6-15(7-5-14)17-10-2-3-11-17/h4-7,13,16,18H,2-3,8-12H2,1H3. The Kier molecular flexibility index (Phi) is 5.02. The van der Waals surface area contributed by atoms with E-state index in [4.69, 9.17) is 5.11 Å². The molecule has 1 aliphatic rings. The van der Waals surface area contributed by atoms with Crippen molar-refractivity contribution in [3.63, 3.8) is 0 Å². The quantitative estimate of drug-likeness (QED) is 0.757. The molecule has 1 aliphatic heterocycles. The van der Waals surface area contributed by atoms with Crippen LogP contribution in [0.1, 0.15) is 31.7 Å². The third-order valence-electron chi connectivity index (χ3n) is 3.48. The Balaban J connectivity index is 1.76. The Morgan fingerprint density at radius 2 is 1.89 bits per heavy atom. The molecule has 2 N–H and O–H groups in total.